The first-order chi connectivity index (χ1) is 8.49. The van der Waals surface area contributed by atoms with Gasteiger partial charge in [-0.3, -0.25) is 4.90 Å². The molecule has 1 aliphatic rings. The molecule has 1 heterocycles. The summed E-state index contributed by atoms with van der Waals surface area (Å²) in [6.07, 6.45) is 0.637. The number of benzene rings is 1. The maximum absolute atomic E-state index is 13.2. The lowest BCUT2D eigenvalue weighted by atomic mass is 10.0. The molecule has 2 nitrogen and oxygen atoms in total. The van der Waals surface area contributed by atoms with E-state index in [9.17, 15) is 13.9 Å². The van der Waals surface area contributed by atoms with Crippen LogP contribution >= 0.6 is 0 Å². The molecule has 1 saturated heterocycles. The van der Waals surface area contributed by atoms with Crippen LogP contribution in [0.15, 0.2) is 18.2 Å². The fraction of sp³-hybridized carbons (Fsp3) is 0.571. The van der Waals surface area contributed by atoms with Crippen molar-refractivity contribution in [1.29, 1.82) is 0 Å². The SMILES string of the molecule is CC(O)C1CCN(C(C)c2ccc(F)c(F)c2)C1. The highest BCUT2D eigenvalue weighted by atomic mass is 19.2. The topological polar surface area (TPSA) is 23.5 Å². The van der Waals surface area contributed by atoms with Crippen LogP contribution in [0.1, 0.15) is 31.9 Å². The second-order valence-corrected chi connectivity index (χ2v) is 5.13. The van der Waals surface area contributed by atoms with Crippen LogP contribution in [0.2, 0.25) is 0 Å². The van der Waals surface area contributed by atoms with Crippen molar-refractivity contribution in [1.82, 2.24) is 4.90 Å². The fourth-order valence-corrected chi connectivity index (χ4v) is 2.54. The highest BCUT2D eigenvalue weighted by molar-refractivity contribution is 5.21. The molecule has 0 aromatic heterocycles. The number of nitrogens with zero attached hydrogens (tertiary/aromatic N) is 1. The minimum Gasteiger partial charge on any atom is -0.393 e. The van der Waals surface area contributed by atoms with Crippen LogP contribution in [0.3, 0.4) is 0 Å². The fourth-order valence-electron chi connectivity index (χ4n) is 2.54. The van der Waals surface area contributed by atoms with Gasteiger partial charge in [-0.05, 0) is 50.4 Å². The van der Waals surface area contributed by atoms with Crippen molar-refractivity contribution in [2.45, 2.75) is 32.4 Å². The molecule has 3 atom stereocenters. The Balaban J connectivity index is 2.07. The Bertz CT molecular complexity index is 422. The van der Waals surface area contributed by atoms with Crippen molar-refractivity contribution in [3.63, 3.8) is 0 Å². The molecule has 0 aliphatic carbocycles. The minimum absolute atomic E-state index is 0.0452. The number of hydrogen-bond donors (Lipinski definition) is 1. The van der Waals surface area contributed by atoms with Gasteiger partial charge >= 0.3 is 0 Å². The quantitative estimate of drug-likeness (QED) is 0.897. The van der Waals surface area contributed by atoms with Crippen LogP contribution in [-0.2, 0) is 0 Å². The van der Waals surface area contributed by atoms with Crippen LogP contribution in [-0.4, -0.2) is 29.2 Å². The molecule has 1 aromatic carbocycles. The van der Waals surface area contributed by atoms with E-state index in [1.54, 1.807) is 13.0 Å². The summed E-state index contributed by atoms with van der Waals surface area (Å²) in [5.41, 5.74) is 0.778. The summed E-state index contributed by atoms with van der Waals surface area (Å²) in [5.74, 6) is -1.34. The Morgan fingerprint density at radius 2 is 2.00 bits per heavy atom. The van der Waals surface area contributed by atoms with Gasteiger partial charge in [-0.1, -0.05) is 6.07 Å². The lowest BCUT2D eigenvalue weighted by molar-refractivity contribution is 0.123. The van der Waals surface area contributed by atoms with E-state index in [2.05, 4.69) is 4.90 Å². The third-order valence-corrected chi connectivity index (χ3v) is 3.91. The molecule has 1 aromatic rings. The van der Waals surface area contributed by atoms with Gasteiger partial charge in [-0.2, -0.15) is 0 Å². The van der Waals surface area contributed by atoms with Gasteiger partial charge in [0.25, 0.3) is 0 Å². The zero-order valence-electron chi connectivity index (χ0n) is 10.7. The van der Waals surface area contributed by atoms with Gasteiger partial charge in [0, 0.05) is 12.6 Å². The molecule has 3 unspecified atom stereocenters. The number of rotatable bonds is 3. The van der Waals surface area contributed by atoms with Gasteiger partial charge in [-0.25, -0.2) is 8.78 Å². The molecule has 2 rings (SSSR count). The lowest BCUT2D eigenvalue weighted by Crippen LogP contribution is -2.27. The second kappa shape index (κ2) is 5.33. The van der Waals surface area contributed by atoms with Gasteiger partial charge in [-0.15, -0.1) is 0 Å². The van der Waals surface area contributed by atoms with E-state index in [1.165, 1.54) is 12.1 Å². The predicted octanol–water partition coefficient (Wildman–Crippen LogP) is 2.73. The lowest BCUT2D eigenvalue weighted by Gasteiger charge is -2.25. The average molecular weight is 255 g/mol. The van der Waals surface area contributed by atoms with Gasteiger partial charge in [0.2, 0.25) is 0 Å². The van der Waals surface area contributed by atoms with Crippen molar-refractivity contribution in [2.24, 2.45) is 5.92 Å². The molecule has 4 heteroatoms. The van der Waals surface area contributed by atoms with Crippen LogP contribution in [0.5, 0.6) is 0 Å². The molecule has 1 aliphatic heterocycles. The first kappa shape index (κ1) is 13.4. The molecule has 0 spiro atoms. The van der Waals surface area contributed by atoms with Crippen molar-refractivity contribution in [3.05, 3.63) is 35.4 Å². The van der Waals surface area contributed by atoms with E-state index in [-0.39, 0.29) is 18.1 Å². The van der Waals surface area contributed by atoms with Crippen LogP contribution < -0.4 is 0 Å². The molecule has 18 heavy (non-hydrogen) atoms. The molecular weight excluding hydrogens is 236 g/mol. The Kier molecular flexibility index (Phi) is 3.97. The van der Waals surface area contributed by atoms with Gasteiger partial charge < -0.3 is 5.11 Å². The molecule has 0 amide bonds. The Hall–Kier alpha value is -1.00. The van der Waals surface area contributed by atoms with Gasteiger partial charge in [0.1, 0.15) is 0 Å². The molecule has 1 N–H and O–H groups in total. The monoisotopic (exact) mass is 255 g/mol. The first-order valence-corrected chi connectivity index (χ1v) is 6.36. The summed E-state index contributed by atoms with van der Waals surface area (Å²) in [6, 6.07) is 4.10. The maximum atomic E-state index is 13.2. The molecule has 0 bridgehead atoms. The number of aliphatic hydroxyl groups excluding tert-OH is 1. The Morgan fingerprint density at radius 3 is 2.56 bits per heavy atom. The number of hydrogen-bond acceptors (Lipinski definition) is 2. The summed E-state index contributed by atoms with van der Waals surface area (Å²) in [6.45, 7) is 5.47. The highest BCUT2D eigenvalue weighted by Crippen LogP contribution is 2.29. The van der Waals surface area contributed by atoms with E-state index in [0.717, 1.165) is 25.1 Å². The summed E-state index contributed by atoms with van der Waals surface area (Å²) < 4.78 is 26.1. The summed E-state index contributed by atoms with van der Waals surface area (Å²) in [4.78, 5) is 2.20. The van der Waals surface area contributed by atoms with E-state index >= 15 is 0 Å². The third-order valence-electron chi connectivity index (χ3n) is 3.91. The van der Waals surface area contributed by atoms with Gasteiger partial charge in [0.15, 0.2) is 11.6 Å². The molecule has 1 fully saturated rings. The number of likely N-dealkylation sites (tertiary alicyclic amines) is 1. The van der Waals surface area contributed by atoms with E-state index in [0.29, 0.717) is 0 Å². The number of aliphatic hydroxyl groups is 1. The maximum Gasteiger partial charge on any atom is 0.159 e. The van der Waals surface area contributed by atoms with Crippen molar-refractivity contribution < 1.29 is 13.9 Å². The predicted molar refractivity (Wildman–Crippen MR) is 66.1 cm³/mol. The zero-order chi connectivity index (χ0) is 13.3. The summed E-state index contributed by atoms with van der Waals surface area (Å²) >= 11 is 0. The standard InChI is InChI=1S/C14H19F2NO/c1-9(11-3-4-13(15)14(16)7-11)17-6-5-12(8-17)10(2)18/h3-4,7,9-10,12,18H,5-6,8H2,1-2H3. The first-order valence-electron chi connectivity index (χ1n) is 6.36. The van der Waals surface area contributed by atoms with Crippen molar-refractivity contribution in [3.8, 4) is 0 Å². The highest BCUT2D eigenvalue weighted by Gasteiger charge is 2.29. The van der Waals surface area contributed by atoms with Crippen LogP contribution in [0, 0.1) is 17.6 Å². The van der Waals surface area contributed by atoms with E-state index < -0.39 is 11.6 Å². The largest absolute Gasteiger partial charge is 0.393 e. The summed E-state index contributed by atoms with van der Waals surface area (Å²) in [7, 11) is 0. The van der Waals surface area contributed by atoms with Crippen molar-refractivity contribution in [2.75, 3.05) is 13.1 Å². The van der Waals surface area contributed by atoms with E-state index in [4.69, 9.17) is 0 Å². The number of halogens is 2. The van der Waals surface area contributed by atoms with Gasteiger partial charge in [0.05, 0.1) is 6.10 Å². The van der Waals surface area contributed by atoms with Crippen LogP contribution in [0.25, 0.3) is 0 Å². The zero-order valence-corrected chi connectivity index (χ0v) is 10.7. The molecule has 0 saturated carbocycles. The Labute approximate surface area is 106 Å². The molecule has 0 radical (unpaired) electrons. The summed E-state index contributed by atoms with van der Waals surface area (Å²) in [5, 5.41) is 9.57. The second-order valence-electron chi connectivity index (χ2n) is 5.13. The van der Waals surface area contributed by atoms with E-state index in [1.807, 2.05) is 6.92 Å². The van der Waals surface area contributed by atoms with Crippen molar-refractivity contribution >= 4 is 0 Å². The molecular formula is C14H19F2NO. The smallest absolute Gasteiger partial charge is 0.159 e. The Morgan fingerprint density at radius 1 is 1.28 bits per heavy atom. The normalized spacial score (nSPS) is 24.2. The van der Waals surface area contributed by atoms with Crippen LogP contribution in [0.4, 0.5) is 8.78 Å². The third kappa shape index (κ3) is 2.70. The molecule has 100 valence electrons. The minimum atomic E-state index is -0.811. The average Bonchev–Trinajstić information content (AvgIpc) is 2.81.